The molecule has 7 rings (SSSR count). The van der Waals surface area contributed by atoms with Crippen molar-refractivity contribution in [1.29, 1.82) is 0 Å². The molecule has 0 amide bonds. The fourth-order valence-corrected chi connectivity index (χ4v) is 5.80. The first kappa shape index (κ1) is 26.5. The molecule has 0 saturated heterocycles. The average Bonchev–Trinajstić information content (AvgIpc) is 2.90. The van der Waals surface area contributed by atoms with E-state index in [1.54, 1.807) is 0 Å². The van der Waals surface area contributed by atoms with E-state index < -0.39 is 0 Å². The van der Waals surface area contributed by atoms with Gasteiger partial charge in [-0.3, -0.25) is 4.98 Å². The van der Waals surface area contributed by atoms with Crippen molar-refractivity contribution in [2.45, 2.75) is 110 Å². The Morgan fingerprint density at radius 3 is 1.72 bits per heavy atom. The molecule has 6 unspecified atom stereocenters. The smallest absolute Gasteiger partial charge is 0.131 e. The Kier molecular flexibility index (Phi) is 8.59. The molecule has 6 heterocycles. The second-order valence-electron chi connectivity index (χ2n) is 11.9. The van der Waals surface area contributed by atoms with E-state index in [1.165, 1.54) is 34.4 Å². The molecule has 3 aromatic rings. The Hall–Kier alpha value is -2.55. The number of hydrogen-bond acceptors (Lipinski definition) is 3. The molecule has 192 valence electrons. The Bertz CT molecular complexity index is 1020. The SMILES string of the molecule is CC(C)c1ccc(C(C)C2CC(C)c3ccc(cc3)C(C)CCC(C)c3cnc(nc3)C(C)C2)cn1. The third-order valence-corrected chi connectivity index (χ3v) is 8.76. The molecule has 4 aliphatic heterocycles. The molecule has 0 N–H and O–H groups in total. The first-order chi connectivity index (χ1) is 17.2. The molecule has 4 aliphatic rings. The first-order valence-corrected chi connectivity index (χ1v) is 14.1. The Balaban J connectivity index is 1.66. The van der Waals surface area contributed by atoms with E-state index in [4.69, 9.17) is 15.0 Å². The van der Waals surface area contributed by atoms with E-state index in [1.807, 2.05) is 0 Å². The maximum Gasteiger partial charge on any atom is 0.131 e. The van der Waals surface area contributed by atoms with Crippen molar-refractivity contribution in [2.75, 3.05) is 0 Å². The van der Waals surface area contributed by atoms with Gasteiger partial charge in [-0.25, -0.2) is 9.97 Å². The summed E-state index contributed by atoms with van der Waals surface area (Å²) in [5, 5.41) is 0. The summed E-state index contributed by atoms with van der Waals surface area (Å²) in [5.41, 5.74) is 6.65. The minimum Gasteiger partial charge on any atom is -0.261 e. The van der Waals surface area contributed by atoms with Crippen LogP contribution in [0.25, 0.3) is 0 Å². The van der Waals surface area contributed by atoms with Gasteiger partial charge in [0.1, 0.15) is 5.82 Å². The molecule has 1 aromatic carbocycles. The zero-order chi connectivity index (χ0) is 25.8. The van der Waals surface area contributed by atoms with Crippen LogP contribution >= 0.6 is 0 Å². The first-order valence-electron chi connectivity index (χ1n) is 14.1. The van der Waals surface area contributed by atoms with Crippen molar-refractivity contribution >= 4 is 0 Å². The van der Waals surface area contributed by atoms with Crippen LogP contribution in [0.4, 0.5) is 0 Å². The normalized spacial score (nSPS) is 26.2. The lowest BCUT2D eigenvalue weighted by atomic mass is 9.76. The number of aromatic nitrogens is 3. The summed E-state index contributed by atoms with van der Waals surface area (Å²) in [6, 6.07) is 14.0. The minimum absolute atomic E-state index is 0.315. The molecule has 0 fully saturated rings. The highest BCUT2D eigenvalue weighted by molar-refractivity contribution is 5.28. The summed E-state index contributed by atoms with van der Waals surface area (Å²) in [7, 11) is 0. The van der Waals surface area contributed by atoms with Gasteiger partial charge in [-0.1, -0.05) is 78.8 Å². The van der Waals surface area contributed by atoms with Crippen LogP contribution < -0.4 is 0 Å². The molecule has 36 heavy (non-hydrogen) atoms. The summed E-state index contributed by atoms with van der Waals surface area (Å²) in [6.07, 6.45) is 10.8. The highest BCUT2D eigenvalue weighted by Crippen LogP contribution is 2.39. The third-order valence-electron chi connectivity index (χ3n) is 8.76. The summed E-state index contributed by atoms with van der Waals surface area (Å²) in [6.45, 7) is 16.2. The van der Waals surface area contributed by atoms with E-state index in [-0.39, 0.29) is 0 Å². The van der Waals surface area contributed by atoms with Crippen LogP contribution in [0.1, 0.15) is 143 Å². The molecule has 0 aliphatic carbocycles. The number of benzene rings is 1. The molecule has 0 saturated carbocycles. The molecule has 0 spiro atoms. The number of nitrogens with zero attached hydrogens (tertiary/aromatic N) is 3. The maximum absolute atomic E-state index is 4.86. The van der Waals surface area contributed by atoms with E-state index in [0.29, 0.717) is 41.4 Å². The minimum atomic E-state index is 0.315. The van der Waals surface area contributed by atoms with Crippen LogP contribution in [0.2, 0.25) is 0 Å². The van der Waals surface area contributed by atoms with Crippen LogP contribution in [0.5, 0.6) is 0 Å². The zero-order valence-corrected chi connectivity index (χ0v) is 23.4. The highest BCUT2D eigenvalue weighted by Gasteiger charge is 2.26. The van der Waals surface area contributed by atoms with Gasteiger partial charge in [-0.2, -0.15) is 0 Å². The number of hydrogen-bond donors (Lipinski definition) is 0. The van der Waals surface area contributed by atoms with Crippen LogP contribution in [-0.4, -0.2) is 15.0 Å². The monoisotopic (exact) mass is 483 g/mol. The summed E-state index contributed by atoms with van der Waals surface area (Å²) < 4.78 is 0. The fourth-order valence-electron chi connectivity index (χ4n) is 5.80. The molecule has 3 heteroatoms. The standard InChI is InChI=1S/C33H45N3/c1-21(2)32-15-14-29(18-34-32)26(7)30-16-24(5)28-12-10-27(11-13-28)22(3)8-9-23(4)31-19-35-33(36-20-31)25(6)17-30/h10-15,18-26,30H,8-9,16-17H2,1-7H3. The lowest BCUT2D eigenvalue weighted by Gasteiger charge is -2.29. The Labute approximate surface area is 219 Å². The van der Waals surface area contributed by atoms with E-state index in [2.05, 4.69) is 103 Å². The molecule has 4 bridgehead atoms. The molecule has 2 aromatic heterocycles. The topological polar surface area (TPSA) is 38.7 Å². The lowest BCUT2D eigenvalue weighted by Crippen LogP contribution is -2.17. The van der Waals surface area contributed by atoms with Crippen LogP contribution in [-0.2, 0) is 0 Å². The summed E-state index contributed by atoms with van der Waals surface area (Å²) in [5.74, 6) is 4.21. The van der Waals surface area contributed by atoms with E-state index >= 15 is 0 Å². The van der Waals surface area contributed by atoms with Crippen molar-refractivity contribution in [3.05, 3.63) is 88.8 Å². The van der Waals surface area contributed by atoms with Crippen molar-refractivity contribution in [3.8, 4) is 0 Å². The molecule has 6 atom stereocenters. The predicted molar refractivity (Wildman–Crippen MR) is 151 cm³/mol. The van der Waals surface area contributed by atoms with Gasteiger partial charge in [-0.15, -0.1) is 0 Å². The second-order valence-corrected chi connectivity index (χ2v) is 11.9. The molecule has 3 nitrogen and oxygen atoms in total. The van der Waals surface area contributed by atoms with Crippen LogP contribution in [0.3, 0.4) is 0 Å². The van der Waals surface area contributed by atoms with Gasteiger partial charge in [0, 0.05) is 30.2 Å². The van der Waals surface area contributed by atoms with E-state index in [9.17, 15) is 0 Å². The predicted octanol–water partition coefficient (Wildman–Crippen LogP) is 9.10. The number of pyridine rings is 1. The zero-order valence-electron chi connectivity index (χ0n) is 23.4. The Morgan fingerprint density at radius 1 is 0.611 bits per heavy atom. The van der Waals surface area contributed by atoms with Crippen molar-refractivity contribution in [3.63, 3.8) is 0 Å². The van der Waals surface area contributed by atoms with Gasteiger partial charge in [-0.05, 0) is 89.5 Å². The number of rotatable bonds is 3. The molecular weight excluding hydrogens is 438 g/mol. The maximum atomic E-state index is 4.86. The van der Waals surface area contributed by atoms with E-state index in [0.717, 1.165) is 25.1 Å². The molecular formula is C33H45N3. The van der Waals surface area contributed by atoms with Gasteiger partial charge in [0.05, 0.1) is 0 Å². The second kappa shape index (κ2) is 11.7. The van der Waals surface area contributed by atoms with Crippen LogP contribution in [0, 0.1) is 5.92 Å². The van der Waals surface area contributed by atoms with Crippen molar-refractivity contribution in [1.82, 2.24) is 15.0 Å². The van der Waals surface area contributed by atoms with Gasteiger partial charge < -0.3 is 0 Å². The summed E-state index contributed by atoms with van der Waals surface area (Å²) >= 11 is 0. The third kappa shape index (κ3) is 6.22. The van der Waals surface area contributed by atoms with Crippen molar-refractivity contribution in [2.24, 2.45) is 5.92 Å². The van der Waals surface area contributed by atoms with Gasteiger partial charge in [0.2, 0.25) is 0 Å². The van der Waals surface area contributed by atoms with Crippen LogP contribution in [0.15, 0.2) is 55.0 Å². The quantitative estimate of drug-likeness (QED) is 0.373. The molecule has 0 radical (unpaired) electrons. The summed E-state index contributed by atoms with van der Waals surface area (Å²) in [4.78, 5) is 14.5. The Morgan fingerprint density at radius 2 is 1.17 bits per heavy atom. The van der Waals surface area contributed by atoms with Gasteiger partial charge >= 0.3 is 0 Å². The van der Waals surface area contributed by atoms with Crippen molar-refractivity contribution < 1.29 is 0 Å². The lowest BCUT2D eigenvalue weighted by molar-refractivity contribution is 0.338. The highest BCUT2D eigenvalue weighted by atomic mass is 14.9. The fraction of sp³-hybridized carbons (Fsp3) is 0.545. The largest absolute Gasteiger partial charge is 0.261 e. The van der Waals surface area contributed by atoms with Gasteiger partial charge in [0.15, 0.2) is 0 Å². The van der Waals surface area contributed by atoms with Gasteiger partial charge in [0.25, 0.3) is 0 Å². The average molecular weight is 484 g/mol.